The van der Waals surface area contributed by atoms with E-state index in [0.29, 0.717) is 23.1 Å². The maximum Gasteiger partial charge on any atom is 0.454 e. The van der Waals surface area contributed by atoms with Crippen molar-refractivity contribution in [1.29, 1.82) is 0 Å². The monoisotopic (exact) mass is 208 g/mol. The molecule has 1 saturated heterocycles. The van der Waals surface area contributed by atoms with Gasteiger partial charge in [-0.15, -0.1) is 0 Å². The van der Waals surface area contributed by atoms with E-state index in [1.54, 1.807) is 0 Å². The Kier molecular flexibility index (Phi) is 3.10. The molecular formula is C5H8N2O3S2. The van der Waals surface area contributed by atoms with Crippen molar-refractivity contribution in [2.45, 2.75) is 12.8 Å². The summed E-state index contributed by atoms with van der Waals surface area (Å²) in [4.78, 5) is 26.3. The molecule has 1 fully saturated rings. The highest BCUT2D eigenvalue weighted by atomic mass is 32.2. The lowest BCUT2D eigenvalue weighted by molar-refractivity contribution is -0.158. The van der Waals surface area contributed by atoms with E-state index in [2.05, 4.69) is 30.5 Å². The molecule has 1 rings (SSSR count). The summed E-state index contributed by atoms with van der Waals surface area (Å²) in [5.74, 6) is -0.188. The van der Waals surface area contributed by atoms with Gasteiger partial charge >= 0.3 is 6.09 Å². The Labute approximate surface area is 80.7 Å². The Bertz CT molecular complexity index is 209. The van der Waals surface area contributed by atoms with Gasteiger partial charge in [-0.25, -0.2) is 4.79 Å². The van der Waals surface area contributed by atoms with Crippen molar-refractivity contribution < 1.29 is 14.4 Å². The number of rotatable bonds is 1. The first-order valence-electron chi connectivity index (χ1n) is 3.31. The van der Waals surface area contributed by atoms with E-state index in [9.17, 15) is 9.59 Å². The van der Waals surface area contributed by atoms with Crippen LogP contribution in [0.4, 0.5) is 4.79 Å². The summed E-state index contributed by atoms with van der Waals surface area (Å²) in [6, 6.07) is 0. The molecule has 0 aromatic carbocycles. The molecule has 5 nitrogen and oxygen atoms in total. The molecule has 0 atom stereocenters. The second kappa shape index (κ2) is 3.90. The number of nitrogens with zero attached hydrogens (tertiary/aromatic N) is 2. The molecule has 2 amide bonds. The molecule has 0 radical (unpaired) electrons. The molecule has 0 spiro atoms. The third kappa shape index (κ3) is 2.21. The van der Waals surface area contributed by atoms with Crippen LogP contribution < -0.4 is 0 Å². The first kappa shape index (κ1) is 9.53. The third-order valence-electron chi connectivity index (χ3n) is 1.38. The minimum atomic E-state index is -0.781. The van der Waals surface area contributed by atoms with Gasteiger partial charge in [0.05, 0.1) is 6.54 Å². The number of carbonyl (C=O) groups excluding carboxylic acids is 2. The van der Waals surface area contributed by atoms with Crippen LogP contribution in [-0.2, 0) is 9.63 Å². The van der Waals surface area contributed by atoms with Crippen LogP contribution in [0, 0.1) is 0 Å². The topological polar surface area (TPSA) is 49.9 Å². The zero-order valence-corrected chi connectivity index (χ0v) is 7.92. The van der Waals surface area contributed by atoms with Gasteiger partial charge in [0.25, 0.3) is 5.91 Å². The fourth-order valence-corrected chi connectivity index (χ4v) is 0.924. The summed E-state index contributed by atoms with van der Waals surface area (Å²) < 4.78 is 0.672. The van der Waals surface area contributed by atoms with Gasteiger partial charge < -0.3 is 4.84 Å². The van der Waals surface area contributed by atoms with E-state index < -0.39 is 6.09 Å². The quantitative estimate of drug-likeness (QED) is 0.622. The number of thiol groups is 2. The van der Waals surface area contributed by atoms with E-state index in [1.165, 1.54) is 0 Å². The van der Waals surface area contributed by atoms with Gasteiger partial charge in [-0.3, -0.25) is 4.79 Å². The maximum atomic E-state index is 10.9. The summed E-state index contributed by atoms with van der Waals surface area (Å²) in [6.45, 7) is 0.444. The molecule has 7 heteroatoms. The average Bonchev–Trinajstić information content (AvgIpc) is 2.36. The van der Waals surface area contributed by atoms with Crippen molar-refractivity contribution in [2.75, 3.05) is 6.54 Å². The van der Waals surface area contributed by atoms with Crippen molar-refractivity contribution in [3.63, 3.8) is 0 Å². The first-order valence-corrected chi connectivity index (χ1v) is 4.11. The zero-order chi connectivity index (χ0) is 9.14. The second-order valence-electron chi connectivity index (χ2n) is 2.25. The minimum absolute atomic E-state index is 0.188. The molecule has 0 bridgehead atoms. The van der Waals surface area contributed by atoms with E-state index >= 15 is 0 Å². The van der Waals surface area contributed by atoms with Crippen molar-refractivity contribution in [3.05, 3.63) is 0 Å². The number of hydrogen-bond acceptors (Lipinski definition) is 5. The normalized spacial score (nSPS) is 16.5. The third-order valence-corrected chi connectivity index (χ3v) is 1.71. The summed E-state index contributed by atoms with van der Waals surface area (Å²) in [5, 5.41) is 1.02. The molecule has 1 aliphatic rings. The molecule has 68 valence electrons. The Morgan fingerprint density at radius 3 is 2.67 bits per heavy atom. The number of amides is 2. The van der Waals surface area contributed by atoms with E-state index in [0.717, 1.165) is 5.06 Å². The Morgan fingerprint density at radius 1 is 1.58 bits per heavy atom. The molecule has 0 aromatic rings. The van der Waals surface area contributed by atoms with Crippen LogP contribution in [0.5, 0.6) is 0 Å². The lowest BCUT2D eigenvalue weighted by atomic mass is 10.4. The van der Waals surface area contributed by atoms with Crippen LogP contribution in [0.25, 0.3) is 0 Å². The van der Waals surface area contributed by atoms with Gasteiger partial charge in [0.2, 0.25) is 0 Å². The Hall–Kier alpha value is -0.560. The highest BCUT2D eigenvalue weighted by molar-refractivity contribution is 7.94. The molecule has 12 heavy (non-hydrogen) atoms. The van der Waals surface area contributed by atoms with Crippen molar-refractivity contribution in [2.24, 2.45) is 0 Å². The van der Waals surface area contributed by atoms with Gasteiger partial charge in [0.1, 0.15) is 0 Å². The van der Waals surface area contributed by atoms with Gasteiger partial charge in [-0.05, 0) is 32.1 Å². The van der Waals surface area contributed by atoms with Gasteiger partial charge in [0.15, 0.2) is 0 Å². The van der Waals surface area contributed by atoms with E-state index in [4.69, 9.17) is 0 Å². The summed E-state index contributed by atoms with van der Waals surface area (Å²) in [7, 11) is 0. The molecule has 0 unspecified atom stereocenters. The average molecular weight is 208 g/mol. The van der Waals surface area contributed by atoms with Crippen molar-refractivity contribution in [3.8, 4) is 0 Å². The fraction of sp³-hybridized carbons (Fsp3) is 0.600. The number of hydroxylamine groups is 2. The largest absolute Gasteiger partial charge is 0.454 e. The molecule has 1 heterocycles. The van der Waals surface area contributed by atoms with E-state index in [1.807, 2.05) is 0 Å². The Balaban J connectivity index is 2.40. The van der Waals surface area contributed by atoms with Crippen molar-refractivity contribution >= 4 is 37.6 Å². The highest BCUT2D eigenvalue weighted by Crippen LogP contribution is 2.12. The summed E-state index contributed by atoms with van der Waals surface area (Å²) >= 11 is 7.16. The lowest BCUT2D eigenvalue weighted by Gasteiger charge is -2.15. The van der Waals surface area contributed by atoms with Gasteiger partial charge in [-0.1, -0.05) is 0 Å². The molecule has 0 aromatic heterocycles. The first-order chi connectivity index (χ1) is 5.61. The molecule has 0 saturated carbocycles. The van der Waals surface area contributed by atoms with Crippen LogP contribution in [0.1, 0.15) is 12.8 Å². The lowest BCUT2D eigenvalue weighted by Crippen LogP contribution is -2.30. The van der Waals surface area contributed by atoms with Gasteiger partial charge in [-0.2, -0.15) is 8.77 Å². The van der Waals surface area contributed by atoms with Crippen LogP contribution in [0.3, 0.4) is 0 Å². The van der Waals surface area contributed by atoms with Crippen LogP contribution in [0.2, 0.25) is 0 Å². The van der Waals surface area contributed by atoms with Gasteiger partial charge in [0, 0.05) is 6.42 Å². The number of hydrogen-bond donors (Lipinski definition) is 2. The highest BCUT2D eigenvalue weighted by Gasteiger charge is 2.25. The SMILES string of the molecule is O=C(ON1CCCC1=O)N(S)S. The van der Waals surface area contributed by atoms with Crippen molar-refractivity contribution in [1.82, 2.24) is 8.77 Å². The molecule has 0 N–H and O–H groups in total. The molecular weight excluding hydrogens is 200 g/mol. The summed E-state index contributed by atoms with van der Waals surface area (Å²) in [6.07, 6.45) is 0.356. The fourth-order valence-electron chi connectivity index (χ4n) is 0.851. The Morgan fingerprint density at radius 2 is 2.25 bits per heavy atom. The predicted molar refractivity (Wildman–Crippen MR) is 47.2 cm³/mol. The zero-order valence-electron chi connectivity index (χ0n) is 6.13. The van der Waals surface area contributed by atoms with Crippen LogP contribution >= 0.6 is 25.6 Å². The molecule has 0 aliphatic carbocycles. The standard InChI is InChI=1S/C5H8N2O3S2/c8-4-2-1-3-6(4)10-5(9)7(11)12/h11-12H,1-3H2. The predicted octanol–water partition coefficient (Wildman–Crippen LogP) is 0.652. The number of carbonyl (C=O) groups is 2. The summed E-state index contributed by atoms with van der Waals surface area (Å²) in [5.41, 5.74) is 0. The van der Waals surface area contributed by atoms with Crippen LogP contribution in [-0.4, -0.2) is 27.3 Å². The van der Waals surface area contributed by atoms with E-state index in [-0.39, 0.29) is 5.91 Å². The van der Waals surface area contributed by atoms with Crippen LogP contribution in [0.15, 0.2) is 0 Å². The smallest absolute Gasteiger partial charge is 0.317 e. The maximum absolute atomic E-state index is 10.9. The second-order valence-corrected chi connectivity index (χ2v) is 3.36. The minimum Gasteiger partial charge on any atom is -0.317 e. The molecule has 1 aliphatic heterocycles.